The van der Waals surface area contributed by atoms with Crippen molar-refractivity contribution in [2.75, 3.05) is 5.73 Å². The Labute approximate surface area is 79.3 Å². The highest BCUT2D eigenvalue weighted by Crippen LogP contribution is 2.15. The van der Waals surface area contributed by atoms with E-state index in [1.54, 1.807) is 0 Å². The predicted molar refractivity (Wildman–Crippen MR) is 55.6 cm³/mol. The van der Waals surface area contributed by atoms with E-state index < -0.39 is 0 Å². The molecule has 3 heteroatoms. The number of aryl methyl sites for hydroxylation is 2. The lowest BCUT2D eigenvalue weighted by Gasteiger charge is -2.03. The number of nitrogens with two attached hydrogens (primary N) is 1. The third-order valence-electron chi connectivity index (χ3n) is 2.07. The molecule has 3 nitrogen and oxygen atoms in total. The van der Waals surface area contributed by atoms with Gasteiger partial charge in [-0.1, -0.05) is 19.4 Å². The Hall–Kier alpha value is -1.25. The van der Waals surface area contributed by atoms with E-state index in [0.717, 1.165) is 36.7 Å². The van der Waals surface area contributed by atoms with Gasteiger partial charge in [-0.05, 0) is 13.3 Å². The summed E-state index contributed by atoms with van der Waals surface area (Å²) in [4.78, 5) is 4.41. The fourth-order valence-corrected chi connectivity index (χ4v) is 1.42. The Morgan fingerprint density at radius 1 is 1.62 bits per heavy atom. The second kappa shape index (κ2) is 4.12. The molecule has 1 aromatic rings. The summed E-state index contributed by atoms with van der Waals surface area (Å²) in [5.74, 6) is 1.76. The summed E-state index contributed by atoms with van der Waals surface area (Å²) >= 11 is 0. The molecule has 72 valence electrons. The Bertz CT molecular complexity index is 299. The van der Waals surface area contributed by atoms with Crippen LogP contribution in [-0.2, 0) is 13.0 Å². The smallest absolute Gasteiger partial charge is 0.127 e. The van der Waals surface area contributed by atoms with Crippen LogP contribution in [0.3, 0.4) is 0 Å². The van der Waals surface area contributed by atoms with Gasteiger partial charge in [0.1, 0.15) is 11.6 Å². The largest absolute Gasteiger partial charge is 0.384 e. The molecule has 0 aliphatic carbocycles. The molecule has 13 heavy (non-hydrogen) atoms. The number of aromatic nitrogens is 2. The van der Waals surface area contributed by atoms with Gasteiger partial charge < -0.3 is 10.3 Å². The molecule has 0 radical (unpaired) electrons. The number of imidazole rings is 1. The number of hydrogen-bond donors (Lipinski definition) is 1. The Kier molecular flexibility index (Phi) is 3.12. The van der Waals surface area contributed by atoms with Crippen LogP contribution in [0, 0.1) is 6.92 Å². The van der Waals surface area contributed by atoms with E-state index in [9.17, 15) is 0 Å². The molecule has 2 N–H and O–H groups in total. The first-order chi connectivity index (χ1) is 6.20. The number of rotatable bonds is 4. The molecule has 0 bridgehead atoms. The highest BCUT2D eigenvalue weighted by Gasteiger charge is 2.08. The van der Waals surface area contributed by atoms with E-state index in [4.69, 9.17) is 5.73 Å². The Morgan fingerprint density at radius 3 is 2.85 bits per heavy atom. The minimum Gasteiger partial charge on any atom is -0.384 e. The number of nitrogen functional groups attached to an aromatic ring is 1. The number of nitrogens with zero attached hydrogens (tertiary/aromatic N) is 2. The maximum absolute atomic E-state index is 5.93. The van der Waals surface area contributed by atoms with Gasteiger partial charge in [0.05, 0.1) is 5.69 Å². The van der Waals surface area contributed by atoms with Crippen molar-refractivity contribution in [2.24, 2.45) is 0 Å². The molecular formula is C10H17N3. The molecule has 0 saturated carbocycles. The predicted octanol–water partition coefficient (Wildman–Crippen LogP) is 1.91. The monoisotopic (exact) mass is 179 g/mol. The lowest BCUT2D eigenvalue weighted by molar-refractivity contribution is 0.792. The molecule has 0 atom stereocenters. The molecule has 0 amide bonds. The fourth-order valence-electron chi connectivity index (χ4n) is 1.42. The minimum absolute atomic E-state index is 0.744. The van der Waals surface area contributed by atoms with Crippen molar-refractivity contribution in [1.82, 2.24) is 9.55 Å². The van der Waals surface area contributed by atoms with E-state index in [0.29, 0.717) is 0 Å². The first-order valence-corrected chi connectivity index (χ1v) is 4.63. The molecule has 0 aromatic carbocycles. The van der Waals surface area contributed by atoms with Crippen molar-refractivity contribution < 1.29 is 0 Å². The molecule has 0 aliphatic heterocycles. The van der Waals surface area contributed by atoms with Gasteiger partial charge in [0, 0.05) is 6.54 Å². The summed E-state index contributed by atoms with van der Waals surface area (Å²) in [6, 6.07) is 0. The van der Waals surface area contributed by atoms with Gasteiger partial charge in [-0.3, -0.25) is 0 Å². The standard InChI is InChI=1S/C10H17N3/c1-4-6-9-10(11)13(7-5-2)8(3)12-9/h5H,2,4,6-7,11H2,1,3H3. The SMILES string of the molecule is C=CCn1c(C)nc(CCC)c1N. The van der Waals surface area contributed by atoms with E-state index in [-0.39, 0.29) is 0 Å². The molecule has 0 unspecified atom stereocenters. The van der Waals surface area contributed by atoms with E-state index in [1.165, 1.54) is 0 Å². The van der Waals surface area contributed by atoms with Crippen LogP contribution in [0.15, 0.2) is 12.7 Å². The summed E-state index contributed by atoms with van der Waals surface area (Å²) < 4.78 is 1.98. The molecule has 0 spiro atoms. The van der Waals surface area contributed by atoms with Crippen LogP contribution in [0.4, 0.5) is 5.82 Å². The second-order valence-electron chi connectivity index (χ2n) is 3.14. The highest BCUT2D eigenvalue weighted by molar-refractivity contribution is 5.38. The number of allylic oxidation sites excluding steroid dienone is 1. The van der Waals surface area contributed by atoms with Crippen LogP contribution in [0.1, 0.15) is 24.9 Å². The quantitative estimate of drug-likeness (QED) is 0.717. The molecule has 0 fully saturated rings. The van der Waals surface area contributed by atoms with Crippen molar-refractivity contribution in [3.05, 3.63) is 24.2 Å². The normalized spacial score (nSPS) is 10.3. The molecule has 0 aliphatic rings. The second-order valence-corrected chi connectivity index (χ2v) is 3.14. The van der Waals surface area contributed by atoms with Crippen LogP contribution < -0.4 is 5.73 Å². The van der Waals surface area contributed by atoms with Crippen LogP contribution in [0.5, 0.6) is 0 Å². The van der Waals surface area contributed by atoms with Gasteiger partial charge in [0.25, 0.3) is 0 Å². The zero-order valence-corrected chi connectivity index (χ0v) is 8.38. The number of anilines is 1. The maximum atomic E-state index is 5.93. The van der Waals surface area contributed by atoms with E-state index >= 15 is 0 Å². The van der Waals surface area contributed by atoms with E-state index in [1.807, 2.05) is 17.6 Å². The van der Waals surface area contributed by atoms with Crippen molar-refractivity contribution in [1.29, 1.82) is 0 Å². The molecular weight excluding hydrogens is 162 g/mol. The first kappa shape index (κ1) is 9.84. The summed E-state index contributed by atoms with van der Waals surface area (Å²) in [5, 5.41) is 0. The third-order valence-corrected chi connectivity index (χ3v) is 2.07. The Balaban J connectivity index is 2.99. The topological polar surface area (TPSA) is 43.8 Å². The lowest BCUT2D eigenvalue weighted by Crippen LogP contribution is -2.03. The zero-order chi connectivity index (χ0) is 9.84. The molecule has 1 rings (SSSR count). The average molecular weight is 179 g/mol. The van der Waals surface area contributed by atoms with E-state index in [2.05, 4.69) is 18.5 Å². The summed E-state index contributed by atoms with van der Waals surface area (Å²) in [6.07, 6.45) is 3.87. The first-order valence-electron chi connectivity index (χ1n) is 4.63. The maximum Gasteiger partial charge on any atom is 0.127 e. The van der Waals surface area contributed by atoms with Crippen molar-refractivity contribution in [3.63, 3.8) is 0 Å². The van der Waals surface area contributed by atoms with Crippen LogP contribution in [0.2, 0.25) is 0 Å². The van der Waals surface area contributed by atoms with Crippen LogP contribution in [0.25, 0.3) is 0 Å². The summed E-state index contributed by atoms with van der Waals surface area (Å²) in [5.41, 5.74) is 6.94. The molecule has 1 aromatic heterocycles. The van der Waals surface area contributed by atoms with Gasteiger partial charge in [0.2, 0.25) is 0 Å². The zero-order valence-electron chi connectivity index (χ0n) is 8.38. The molecule has 0 saturated heterocycles. The minimum atomic E-state index is 0.744. The average Bonchev–Trinajstić information content (AvgIpc) is 2.34. The van der Waals surface area contributed by atoms with Crippen molar-refractivity contribution in [2.45, 2.75) is 33.2 Å². The highest BCUT2D eigenvalue weighted by atomic mass is 15.1. The van der Waals surface area contributed by atoms with Crippen molar-refractivity contribution >= 4 is 5.82 Å². The van der Waals surface area contributed by atoms with Gasteiger partial charge in [-0.25, -0.2) is 4.98 Å². The summed E-state index contributed by atoms with van der Waals surface area (Å²) in [7, 11) is 0. The van der Waals surface area contributed by atoms with Gasteiger partial charge >= 0.3 is 0 Å². The van der Waals surface area contributed by atoms with Gasteiger partial charge in [-0.15, -0.1) is 6.58 Å². The van der Waals surface area contributed by atoms with Crippen molar-refractivity contribution in [3.8, 4) is 0 Å². The van der Waals surface area contributed by atoms with Gasteiger partial charge in [-0.2, -0.15) is 0 Å². The third kappa shape index (κ3) is 1.91. The fraction of sp³-hybridized carbons (Fsp3) is 0.500. The molecule has 1 heterocycles. The van der Waals surface area contributed by atoms with Gasteiger partial charge in [0.15, 0.2) is 0 Å². The van der Waals surface area contributed by atoms with Crippen LogP contribution in [-0.4, -0.2) is 9.55 Å². The summed E-state index contributed by atoms with van der Waals surface area (Å²) in [6.45, 7) is 8.53. The Morgan fingerprint density at radius 2 is 2.31 bits per heavy atom. The number of hydrogen-bond acceptors (Lipinski definition) is 2. The lowest BCUT2D eigenvalue weighted by atomic mass is 10.2. The van der Waals surface area contributed by atoms with Crippen LogP contribution >= 0.6 is 0 Å².